The molecule has 6 nitrogen and oxygen atoms in total. The molecule has 1 N–H and O–H groups in total. The molecule has 0 bridgehead atoms. The van der Waals surface area contributed by atoms with Crippen LogP contribution in [0.25, 0.3) is 0 Å². The molecule has 0 aromatic rings. The van der Waals surface area contributed by atoms with E-state index in [1.807, 2.05) is 20.8 Å². The highest BCUT2D eigenvalue weighted by Gasteiger charge is 2.11. The van der Waals surface area contributed by atoms with Crippen LogP contribution < -0.4 is 5.32 Å². The molecule has 1 aliphatic rings. The Hall–Kier alpha value is -0.950. The Kier molecular flexibility index (Phi) is 6.91. The van der Waals surface area contributed by atoms with E-state index in [4.69, 9.17) is 0 Å². The summed E-state index contributed by atoms with van der Waals surface area (Å²) in [6.07, 6.45) is 0. The maximum absolute atomic E-state index is 10.3. The highest BCUT2D eigenvalue weighted by atomic mass is 32.2. The summed E-state index contributed by atoms with van der Waals surface area (Å²) >= 11 is 0. The van der Waals surface area contributed by atoms with Crippen LogP contribution in [0.1, 0.15) is 20.8 Å². The summed E-state index contributed by atoms with van der Waals surface area (Å²) in [5.74, 6) is 0. The van der Waals surface area contributed by atoms with Gasteiger partial charge in [0.05, 0.1) is 13.1 Å². The lowest BCUT2D eigenvalue weighted by molar-refractivity contribution is -0.508. The van der Waals surface area contributed by atoms with Crippen molar-refractivity contribution in [3.05, 3.63) is 0 Å². The molecule has 0 aromatic carbocycles. The lowest BCUT2D eigenvalue weighted by Crippen LogP contribution is -2.37. The SMILES string of the molecule is CC(C)(C)OC=O.O=S(=O)=[N+]1CCNCC1. The van der Waals surface area contributed by atoms with E-state index in [0.717, 1.165) is 13.1 Å². The predicted molar refractivity (Wildman–Crippen MR) is 58.7 cm³/mol. The first kappa shape index (κ1) is 15.0. The molecule has 7 heteroatoms. The molecular formula is C9H19N2O4S+. The number of hydrogen-bond donors (Lipinski definition) is 1. The summed E-state index contributed by atoms with van der Waals surface area (Å²) in [5, 5.41) is 3.05. The van der Waals surface area contributed by atoms with Crippen LogP contribution in [0, 0.1) is 0 Å². The van der Waals surface area contributed by atoms with Gasteiger partial charge in [-0.3, -0.25) is 4.79 Å². The fourth-order valence-corrected chi connectivity index (χ4v) is 1.42. The molecule has 0 aromatic heterocycles. The van der Waals surface area contributed by atoms with Crippen molar-refractivity contribution in [3.63, 3.8) is 0 Å². The van der Waals surface area contributed by atoms with Crippen LogP contribution in [0.3, 0.4) is 0 Å². The number of rotatable bonds is 1. The van der Waals surface area contributed by atoms with Gasteiger partial charge in [-0.1, -0.05) is 0 Å². The van der Waals surface area contributed by atoms with Gasteiger partial charge in [0.25, 0.3) is 6.47 Å². The molecule has 0 atom stereocenters. The van der Waals surface area contributed by atoms with E-state index in [1.165, 1.54) is 3.95 Å². The Labute approximate surface area is 97.3 Å². The quantitative estimate of drug-likeness (QED) is 0.508. The van der Waals surface area contributed by atoms with E-state index >= 15 is 0 Å². The maximum atomic E-state index is 10.3. The van der Waals surface area contributed by atoms with Gasteiger partial charge < -0.3 is 10.1 Å². The average Bonchev–Trinajstić information content (AvgIpc) is 2.18. The average molecular weight is 251 g/mol. The third kappa shape index (κ3) is 8.37. The predicted octanol–water partition coefficient (Wildman–Crippen LogP) is -0.377. The van der Waals surface area contributed by atoms with Gasteiger partial charge in [0.2, 0.25) is 0 Å². The van der Waals surface area contributed by atoms with Crippen molar-refractivity contribution in [2.75, 3.05) is 26.2 Å². The van der Waals surface area contributed by atoms with Crippen LogP contribution in [-0.4, -0.2) is 50.6 Å². The monoisotopic (exact) mass is 251 g/mol. The number of carbonyl (C=O) groups is 1. The molecule has 0 saturated carbocycles. The molecule has 0 aliphatic carbocycles. The summed E-state index contributed by atoms with van der Waals surface area (Å²) in [4.78, 5) is 9.60. The van der Waals surface area contributed by atoms with Gasteiger partial charge in [-0.2, -0.15) is 0 Å². The van der Waals surface area contributed by atoms with Gasteiger partial charge >= 0.3 is 10.5 Å². The van der Waals surface area contributed by atoms with Crippen LogP contribution >= 0.6 is 0 Å². The molecule has 1 fully saturated rings. The van der Waals surface area contributed by atoms with Gasteiger partial charge in [-0.05, 0) is 20.8 Å². The van der Waals surface area contributed by atoms with Crippen molar-refractivity contribution in [1.29, 1.82) is 0 Å². The second-order valence-corrected chi connectivity index (χ2v) is 5.17. The van der Waals surface area contributed by atoms with Crippen LogP contribution in [0.5, 0.6) is 0 Å². The van der Waals surface area contributed by atoms with E-state index in [0.29, 0.717) is 19.6 Å². The Morgan fingerprint density at radius 3 is 1.94 bits per heavy atom. The molecule has 1 aliphatic heterocycles. The Balaban J connectivity index is 0.000000293. The van der Waals surface area contributed by atoms with E-state index in [2.05, 4.69) is 10.1 Å². The highest BCUT2D eigenvalue weighted by molar-refractivity contribution is 7.58. The molecule has 0 spiro atoms. The lowest BCUT2D eigenvalue weighted by Gasteiger charge is -2.14. The van der Waals surface area contributed by atoms with Gasteiger partial charge in [-0.25, -0.2) is 0 Å². The first-order chi connectivity index (χ1) is 7.37. The fourth-order valence-electron chi connectivity index (χ4n) is 0.938. The molecule has 1 heterocycles. The minimum absolute atomic E-state index is 0.318. The van der Waals surface area contributed by atoms with Gasteiger partial charge in [-0.15, -0.1) is 12.4 Å². The van der Waals surface area contributed by atoms with E-state index in [1.54, 1.807) is 0 Å². The Bertz CT molecular complexity index is 327. The van der Waals surface area contributed by atoms with E-state index in [-0.39, 0.29) is 5.60 Å². The summed E-state index contributed by atoms with van der Waals surface area (Å²) in [6, 6.07) is 0. The number of carbonyl (C=O) groups excluding carboxylic acids is 1. The minimum atomic E-state index is -2.01. The topological polar surface area (TPSA) is 75.5 Å². The third-order valence-electron chi connectivity index (χ3n) is 1.69. The number of nitrogens with one attached hydrogen (secondary N) is 1. The van der Waals surface area contributed by atoms with Crippen LogP contribution in [0.2, 0.25) is 0 Å². The van der Waals surface area contributed by atoms with Gasteiger partial charge in [0, 0.05) is 0 Å². The van der Waals surface area contributed by atoms with Crippen molar-refractivity contribution < 1.29 is 21.9 Å². The standard InChI is InChI=1S/C5H10O2.C4H9N2O2S/c1-5(2,3)7-4-6;7-9(8)6-3-1-5-2-4-6/h4H,1-3H3;5H,1-4H2/q;+1. The second kappa shape index (κ2) is 7.34. The van der Waals surface area contributed by atoms with Gasteiger partial charge in [0.1, 0.15) is 5.60 Å². The molecule has 16 heavy (non-hydrogen) atoms. The van der Waals surface area contributed by atoms with Crippen molar-refractivity contribution in [3.8, 4) is 0 Å². The van der Waals surface area contributed by atoms with Crippen molar-refractivity contribution in [1.82, 2.24) is 5.32 Å². The zero-order valence-corrected chi connectivity index (χ0v) is 10.7. The summed E-state index contributed by atoms with van der Waals surface area (Å²) < 4.78 is 26.5. The number of hydrogen-bond acceptors (Lipinski definition) is 5. The molecule has 94 valence electrons. The molecule has 1 rings (SSSR count). The summed E-state index contributed by atoms with van der Waals surface area (Å²) in [7, 11) is -2.01. The maximum Gasteiger partial charge on any atom is 0.458 e. The molecular weight excluding hydrogens is 232 g/mol. The summed E-state index contributed by atoms with van der Waals surface area (Å²) in [5.41, 5.74) is -0.318. The zero-order valence-electron chi connectivity index (χ0n) is 9.89. The fraction of sp³-hybridized carbons (Fsp3) is 0.889. The van der Waals surface area contributed by atoms with Gasteiger partial charge in [0.15, 0.2) is 13.1 Å². The third-order valence-corrected chi connectivity index (χ3v) is 2.48. The van der Waals surface area contributed by atoms with E-state index < -0.39 is 10.5 Å². The number of nitrogens with zero attached hydrogens (tertiary/aromatic N) is 1. The molecule has 0 unspecified atom stereocenters. The van der Waals surface area contributed by atoms with Crippen LogP contribution in [-0.2, 0) is 20.0 Å². The zero-order chi connectivity index (χ0) is 12.6. The van der Waals surface area contributed by atoms with Crippen molar-refractivity contribution in [2.24, 2.45) is 0 Å². The lowest BCUT2D eigenvalue weighted by atomic mass is 10.2. The van der Waals surface area contributed by atoms with E-state index in [9.17, 15) is 13.2 Å². The normalized spacial score (nSPS) is 15.8. The molecule has 1 saturated heterocycles. The molecule has 0 radical (unpaired) electrons. The van der Waals surface area contributed by atoms with Crippen molar-refractivity contribution >= 4 is 17.0 Å². The Morgan fingerprint density at radius 1 is 1.25 bits per heavy atom. The molecule has 0 amide bonds. The number of piperazine rings is 1. The second-order valence-electron chi connectivity index (χ2n) is 4.22. The van der Waals surface area contributed by atoms with Crippen LogP contribution in [0.15, 0.2) is 0 Å². The van der Waals surface area contributed by atoms with Crippen LogP contribution in [0.4, 0.5) is 0 Å². The Morgan fingerprint density at radius 2 is 1.75 bits per heavy atom. The first-order valence-electron chi connectivity index (χ1n) is 5.03. The minimum Gasteiger partial charge on any atom is -0.462 e. The smallest absolute Gasteiger partial charge is 0.458 e. The summed E-state index contributed by atoms with van der Waals surface area (Å²) in [6.45, 7) is 8.68. The first-order valence-corrected chi connectivity index (χ1v) is 6.06. The highest BCUT2D eigenvalue weighted by Crippen LogP contribution is 2.02. The largest absolute Gasteiger partial charge is 0.462 e. The van der Waals surface area contributed by atoms with Crippen molar-refractivity contribution in [2.45, 2.75) is 26.4 Å². The number of ether oxygens (including phenoxy) is 1.